The fourth-order valence-corrected chi connectivity index (χ4v) is 1.85. The third kappa shape index (κ3) is 4.19. The minimum absolute atomic E-state index is 0.0188. The molecule has 0 aliphatic carbocycles. The molecule has 0 atom stereocenters. The summed E-state index contributed by atoms with van der Waals surface area (Å²) in [5.74, 6) is -0.0188. The van der Waals surface area contributed by atoms with Gasteiger partial charge in [0.05, 0.1) is 0 Å². The van der Waals surface area contributed by atoms with Gasteiger partial charge >= 0.3 is 0 Å². The quantitative estimate of drug-likeness (QED) is 0.849. The molecule has 1 amide bonds. The van der Waals surface area contributed by atoms with E-state index in [9.17, 15) is 4.79 Å². The lowest BCUT2D eigenvalue weighted by molar-refractivity contribution is -0.114. The van der Waals surface area contributed by atoms with E-state index in [-0.39, 0.29) is 5.91 Å². The Balaban J connectivity index is 2.93. The molecule has 0 heterocycles. The first-order valence-corrected chi connectivity index (χ1v) is 6.16. The number of nitrogens with one attached hydrogen (secondary N) is 1. The van der Waals surface area contributed by atoms with Crippen molar-refractivity contribution < 1.29 is 4.79 Å². The monoisotopic (exact) mass is 234 g/mol. The van der Waals surface area contributed by atoms with Crippen LogP contribution in [-0.4, -0.2) is 23.9 Å². The topological polar surface area (TPSA) is 32.3 Å². The highest BCUT2D eigenvalue weighted by molar-refractivity contribution is 5.89. The summed E-state index contributed by atoms with van der Waals surface area (Å²) in [5, 5.41) is 2.89. The Morgan fingerprint density at radius 1 is 1.29 bits per heavy atom. The predicted octanol–water partition coefficient (Wildman–Crippen LogP) is 2.80. The van der Waals surface area contributed by atoms with E-state index >= 15 is 0 Å². The summed E-state index contributed by atoms with van der Waals surface area (Å²) < 4.78 is 0. The van der Waals surface area contributed by atoms with Gasteiger partial charge in [-0.15, -0.1) is 0 Å². The van der Waals surface area contributed by atoms with Crippen molar-refractivity contribution in [3.05, 3.63) is 29.3 Å². The highest BCUT2D eigenvalue weighted by Gasteiger charge is 2.07. The van der Waals surface area contributed by atoms with Crippen LogP contribution in [0, 0.1) is 6.92 Å². The second-order valence-electron chi connectivity index (χ2n) is 4.30. The van der Waals surface area contributed by atoms with E-state index in [0.29, 0.717) is 0 Å². The van der Waals surface area contributed by atoms with Gasteiger partial charge in [-0.3, -0.25) is 9.69 Å². The molecule has 0 aliphatic rings. The van der Waals surface area contributed by atoms with Crippen LogP contribution in [0.2, 0.25) is 0 Å². The second kappa shape index (κ2) is 6.40. The van der Waals surface area contributed by atoms with E-state index in [4.69, 9.17) is 0 Å². The van der Waals surface area contributed by atoms with Crippen molar-refractivity contribution in [1.82, 2.24) is 4.90 Å². The predicted molar refractivity (Wildman–Crippen MR) is 72.1 cm³/mol. The number of aryl methyl sites for hydroxylation is 1. The lowest BCUT2D eigenvalue weighted by Gasteiger charge is -2.20. The average molecular weight is 234 g/mol. The Morgan fingerprint density at radius 3 is 2.47 bits per heavy atom. The Bertz CT molecular complexity index is 384. The van der Waals surface area contributed by atoms with Gasteiger partial charge in [-0.05, 0) is 31.6 Å². The van der Waals surface area contributed by atoms with Crippen molar-refractivity contribution in [1.29, 1.82) is 0 Å². The molecule has 0 spiro atoms. The van der Waals surface area contributed by atoms with E-state index in [1.165, 1.54) is 11.1 Å². The van der Waals surface area contributed by atoms with Crippen LogP contribution in [0.3, 0.4) is 0 Å². The number of amides is 1. The van der Waals surface area contributed by atoms with E-state index in [1.54, 1.807) is 6.92 Å². The Labute approximate surface area is 104 Å². The van der Waals surface area contributed by atoms with Crippen LogP contribution in [0.15, 0.2) is 18.2 Å². The molecule has 0 bridgehead atoms. The molecule has 17 heavy (non-hydrogen) atoms. The molecule has 1 N–H and O–H groups in total. The van der Waals surface area contributed by atoms with Gasteiger partial charge in [-0.1, -0.05) is 31.5 Å². The molecule has 1 rings (SSSR count). The zero-order valence-electron chi connectivity index (χ0n) is 11.2. The minimum atomic E-state index is -0.0188. The van der Waals surface area contributed by atoms with Gasteiger partial charge in [0.15, 0.2) is 0 Å². The summed E-state index contributed by atoms with van der Waals surface area (Å²) in [6.07, 6.45) is 0. The third-order valence-electron chi connectivity index (χ3n) is 2.86. The molecule has 1 aromatic rings. The zero-order valence-corrected chi connectivity index (χ0v) is 11.2. The van der Waals surface area contributed by atoms with Gasteiger partial charge < -0.3 is 5.32 Å². The fourth-order valence-electron chi connectivity index (χ4n) is 1.85. The van der Waals surface area contributed by atoms with Crippen molar-refractivity contribution in [2.24, 2.45) is 0 Å². The molecule has 0 radical (unpaired) electrons. The zero-order chi connectivity index (χ0) is 12.8. The van der Waals surface area contributed by atoms with E-state index in [0.717, 1.165) is 25.3 Å². The highest BCUT2D eigenvalue weighted by atomic mass is 16.1. The van der Waals surface area contributed by atoms with Crippen LogP contribution in [0.5, 0.6) is 0 Å². The first-order valence-electron chi connectivity index (χ1n) is 6.16. The molecule has 0 aromatic heterocycles. The largest absolute Gasteiger partial charge is 0.326 e. The number of carbonyl (C=O) groups is 1. The summed E-state index contributed by atoms with van der Waals surface area (Å²) in [6.45, 7) is 10.8. The lowest BCUT2D eigenvalue weighted by atomic mass is 10.1. The Kier molecular flexibility index (Phi) is 5.16. The minimum Gasteiger partial charge on any atom is -0.326 e. The first kappa shape index (κ1) is 13.7. The van der Waals surface area contributed by atoms with Gasteiger partial charge in [0.1, 0.15) is 0 Å². The van der Waals surface area contributed by atoms with Crippen molar-refractivity contribution in [3.63, 3.8) is 0 Å². The molecule has 94 valence electrons. The molecule has 1 aromatic carbocycles. The van der Waals surface area contributed by atoms with Gasteiger partial charge in [-0.2, -0.15) is 0 Å². The number of benzene rings is 1. The van der Waals surface area contributed by atoms with Gasteiger partial charge in [0.25, 0.3) is 0 Å². The van der Waals surface area contributed by atoms with Crippen molar-refractivity contribution >= 4 is 11.6 Å². The number of anilines is 1. The number of carbonyl (C=O) groups excluding carboxylic acids is 1. The smallest absolute Gasteiger partial charge is 0.221 e. The van der Waals surface area contributed by atoms with E-state index in [2.05, 4.69) is 37.1 Å². The van der Waals surface area contributed by atoms with Crippen molar-refractivity contribution in [3.8, 4) is 0 Å². The third-order valence-corrected chi connectivity index (χ3v) is 2.86. The first-order chi connectivity index (χ1) is 8.06. The van der Waals surface area contributed by atoms with Crippen LogP contribution < -0.4 is 5.32 Å². The summed E-state index contributed by atoms with van der Waals surface area (Å²) in [4.78, 5) is 13.5. The van der Waals surface area contributed by atoms with Crippen LogP contribution in [0.4, 0.5) is 5.69 Å². The highest BCUT2D eigenvalue weighted by Crippen LogP contribution is 2.19. The molecule has 0 saturated carbocycles. The summed E-state index contributed by atoms with van der Waals surface area (Å²) in [5.41, 5.74) is 3.33. The molecule has 0 aliphatic heterocycles. The molecular formula is C14H22N2O. The van der Waals surface area contributed by atoms with Gasteiger partial charge in [0.2, 0.25) is 5.91 Å². The molecule has 3 nitrogen and oxygen atoms in total. The number of hydrogen-bond donors (Lipinski definition) is 1. The average Bonchev–Trinajstić information content (AvgIpc) is 2.28. The van der Waals surface area contributed by atoms with Crippen LogP contribution in [0.1, 0.15) is 31.9 Å². The fraction of sp³-hybridized carbons (Fsp3) is 0.500. The maximum atomic E-state index is 11.2. The molecule has 3 heteroatoms. The molecule has 0 fully saturated rings. The molecular weight excluding hydrogens is 212 g/mol. The Hall–Kier alpha value is -1.35. The normalized spacial score (nSPS) is 10.6. The number of hydrogen-bond acceptors (Lipinski definition) is 2. The second-order valence-corrected chi connectivity index (χ2v) is 4.30. The van der Waals surface area contributed by atoms with E-state index < -0.39 is 0 Å². The van der Waals surface area contributed by atoms with Crippen molar-refractivity contribution in [2.75, 3.05) is 18.4 Å². The number of nitrogens with zero attached hydrogens (tertiary/aromatic N) is 1. The molecule has 0 unspecified atom stereocenters. The van der Waals surface area contributed by atoms with Gasteiger partial charge in [-0.25, -0.2) is 0 Å². The van der Waals surface area contributed by atoms with Gasteiger partial charge in [0, 0.05) is 19.2 Å². The van der Waals surface area contributed by atoms with Crippen LogP contribution in [0.25, 0.3) is 0 Å². The SMILES string of the molecule is CCN(CC)Cc1cc(C)ccc1NC(C)=O. The van der Waals surface area contributed by atoms with Crippen LogP contribution in [-0.2, 0) is 11.3 Å². The van der Waals surface area contributed by atoms with Crippen LogP contribution >= 0.6 is 0 Å². The standard InChI is InChI=1S/C14H22N2O/c1-5-16(6-2)10-13-9-11(3)7-8-14(13)15-12(4)17/h7-9H,5-6,10H2,1-4H3,(H,15,17). The maximum Gasteiger partial charge on any atom is 0.221 e. The summed E-state index contributed by atoms with van der Waals surface area (Å²) >= 11 is 0. The summed E-state index contributed by atoms with van der Waals surface area (Å²) in [7, 11) is 0. The van der Waals surface area contributed by atoms with Crippen molar-refractivity contribution in [2.45, 2.75) is 34.2 Å². The lowest BCUT2D eigenvalue weighted by Crippen LogP contribution is -2.23. The number of rotatable bonds is 5. The molecule has 0 saturated heterocycles. The maximum absolute atomic E-state index is 11.2. The summed E-state index contributed by atoms with van der Waals surface area (Å²) in [6, 6.07) is 6.15. The van der Waals surface area contributed by atoms with E-state index in [1.807, 2.05) is 12.1 Å². The Morgan fingerprint density at radius 2 is 1.94 bits per heavy atom.